The minimum Gasteiger partial charge on any atom is -0.383 e. The fourth-order valence-corrected chi connectivity index (χ4v) is 3.02. The standard InChI is InChI=1S/C16H35NO/c1-7-16(8-2,13-17-9-10-18-6)12-15(5)11-14(3)4/h14-15,17H,7-13H2,1-6H3. The van der Waals surface area contributed by atoms with Gasteiger partial charge < -0.3 is 10.1 Å². The van der Waals surface area contributed by atoms with Crippen molar-refractivity contribution in [3.8, 4) is 0 Å². The van der Waals surface area contributed by atoms with Crippen LogP contribution in [0.25, 0.3) is 0 Å². The Morgan fingerprint density at radius 1 is 1.11 bits per heavy atom. The molecular weight excluding hydrogens is 222 g/mol. The van der Waals surface area contributed by atoms with Crippen LogP contribution in [-0.4, -0.2) is 26.8 Å². The summed E-state index contributed by atoms with van der Waals surface area (Å²) in [4.78, 5) is 0. The fraction of sp³-hybridized carbons (Fsp3) is 1.00. The normalized spacial score (nSPS) is 14.2. The van der Waals surface area contributed by atoms with Gasteiger partial charge in [0.15, 0.2) is 0 Å². The smallest absolute Gasteiger partial charge is 0.0587 e. The van der Waals surface area contributed by atoms with E-state index in [1.807, 2.05) is 0 Å². The van der Waals surface area contributed by atoms with Gasteiger partial charge in [-0.05, 0) is 42.9 Å². The van der Waals surface area contributed by atoms with E-state index in [2.05, 4.69) is 39.9 Å². The van der Waals surface area contributed by atoms with Crippen LogP contribution in [0, 0.1) is 17.3 Å². The van der Waals surface area contributed by atoms with Crippen molar-refractivity contribution in [3.63, 3.8) is 0 Å². The summed E-state index contributed by atoms with van der Waals surface area (Å²) in [5.74, 6) is 1.64. The molecule has 1 atom stereocenters. The molecule has 0 rings (SSSR count). The lowest BCUT2D eigenvalue weighted by Crippen LogP contribution is -2.36. The van der Waals surface area contributed by atoms with E-state index in [-0.39, 0.29) is 0 Å². The average Bonchev–Trinajstić information content (AvgIpc) is 2.32. The molecular formula is C16H35NO. The molecule has 0 saturated heterocycles. The largest absolute Gasteiger partial charge is 0.383 e. The van der Waals surface area contributed by atoms with Crippen LogP contribution in [-0.2, 0) is 4.74 Å². The van der Waals surface area contributed by atoms with E-state index >= 15 is 0 Å². The first-order valence-electron chi connectivity index (χ1n) is 7.69. The van der Waals surface area contributed by atoms with Crippen molar-refractivity contribution in [1.29, 1.82) is 0 Å². The van der Waals surface area contributed by atoms with Gasteiger partial charge in [0.05, 0.1) is 6.61 Å². The zero-order valence-electron chi connectivity index (χ0n) is 13.5. The van der Waals surface area contributed by atoms with E-state index in [0.717, 1.165) is 31.5 Å². The highest BCUT2D eigenvalue weighted by Crippen LogP contribution is 2.35. The summed E-state index contributed by atoms with van der Waals surface area (Å²) in [7, 11) is 1.76. The van der Waals surface area contributed by atoms with Gasteiger partial charge in [-0.2, -0.15) is 0 Å². The molecule has 0 aromatic rings. The lowest BCUT2D eigenvalue weighted by Gasteiger charge is -2.35. The molecule has 0 aromatic heterocycles. The van der Waals surface area contributed by atoms with Gasteiger partial charge in [0.2, 0.25) is 0 Å². The van der Waals surface area contributed by atoms with Crippen molar-refractivity contribution in [2.75, 3.05) is 26.8 Å². The molecule has 0 aliphatic heterocycles. The monoisotopic (exact) mass is 257 g/mol. The summed E-state index contributed by atoms with van der Waals surface area (Å²) in [6.45, 7) is 14.6. The molecule has 0 bridgehead atoms. The molecule has 110 valence electrons. The van der Waals surface area contributed by atoms with Crippen LogP contribution >= 0.6 is 0 Å². The first-order valence-corrected chi connectivity index (χ1v) is 7.69. The predicted octanol–water partition coefficient (Wildman–Crippen LogP) is 4.10. The highest BCUT2D eigenvalue weighted by atomic mass is 16.5. The molecule has 0 fully saturated rings. The summed E-state index contributed by atoms with van der Waals surface area (Å²) in [5, 5.41) is 3.56. The van der Waals surface area contributed by atoms with Gasteiger partial charge >= 0.3 is 0 Å². The van der Waals surface area contributed by atoms with Crippen LogP contribution in [0.15, 0.2) is 0 Å². The highest BCUT2D eigenvalue weighted by Gasteiger charge is 2.27. The summed E-state index contributed by atoms with van der Waals surface area (Å²) >= 11 is 0. The molecule has 0 aromatic carbocycles. The molecule has 2 nitrogen and oxygen atoms in total. The fourth-order valence-electron chi connectivity index (χ4n) is 3.02. The molecule has 1 N–H and O–H groups in total. The Kier molecular flexibility index (Phi) is 9.76. The molecule has 18 heavy (non-hydrogen) atoms. The maximum absolute atomic E-state index is 5.10. The van der Waals surface area contributed by atoms with Gasteiger partial charge in [-0.1, -0.05) is 34.6 Å². The Morgan fingerprint density at radius 2 is 1.72 bits per heavy atom. The maximum atomic E-state index is 5.10. The SMILES string of the molecule is CCC(CC)(CNCCOC)CC(C)CC(C)C. The number of nitrogens with one attached hydrogen (secondary N) is 1. The van der Waals surface area contributed by atoms with Gasteiger partial charge in [-0.15, -0.1) is 0 Å². The number of hydrogen-bond donors (Lipinski definition) is 1. The number of rotatable bonds is 11. The molecule has 0 aliphatic carbocycles. The van der Waals surface area contributed by atoms with Crippen LogP contribution < -0.4 is 5.32 Å². The van der Waals surface area contributed by atoms with Crippen molar-refractivity contribution < 1.29 is 4.74 Å². The van der Waals surface area contributed by atoms with E-state index in [1.54, 1.807) is 7.11 Å². The Balaban J connectivity index is 4.23. The summed E-state index contributed by atoms with van der Waals surface area (Å²) in [6.07, 6.45) is 5.23. The first kappa shape index (κ1) is 17.9. The van der Waals surface area contributed by atoms with E-state index in [4.69, 9.17) is 4.74 Å². The summed E-state index contributed by atoms with van der Waals surface area (Å²) in [6, 6.07) is 0. The Bertz CT molecular complexity index is 188. The van der Waals surface area contributed by atoms with E-state index < -0.39 is 0 Å². The third-order valence-corrected chi connectivity index (χ3v) is 4.14. The van der Waals surface area contributed by atoms with Crippen molar-refractivity contribution in [1.82, 2.24) is 5.32 Å². The Morgan fingerprint density at radius 3 is 2.17 bits per heavy atom. The molecule has 0 aliphatic rings. The lowest BCUT2D eigenvalue weighted by atomic mass is 9.73. The number of ether oxygens (including phenoxy) is 1. The molecule has 0 radical (unpaired) electrons. The Hall–Kier alpha value is -0.0800. The molecule has 0 saturated carbocycles. The molecule has 0 heterocycles. The third kappa shape index (κ3) is 7.38. The van der Waals surface area contributed by atoms with E-state index in [1.165, 1.54) is 25.7 Å². The summed E-state index contributed by atoms with van der Waals surface area (Å²) in [5.41, 5.74) is 0.474. The van der Waals surface area contributed by atoms with E-state index in [0.29, 0.717) is 5.41 Å². The first-order chi connectivity index (χ1) is 8.49. The van der Waals surface area contributed by atoms with Gasteiger partial charge in [-0.25, -0.2) is 0 Å². The highest BCUT2D eigenvalue weighted by molar-refractivity contribution is 4.81. The predicted molar refractivity (Wildman–Crippen MR) is 81.0 cm³/mol. The molecule has 2 heteroatoms. The van der Waals surface area contributed by atoms with Gasteiger partial charge in [-0.3, -0.25) is 0 Å². The Labute approximate surface area is 115 Å². The van der Waals surface area contributed by atoms with Crippen molar-refractivity contribution >= 4 is 0 Å². The second kappa shape index (κ2) is 9.80. The number of methoxy groups -OCH3 is 1. The van der Waals surface area contributed by atoms with Gasteiger partial charge in [0.25, 0.3) is 0 Å². The quantitative estimate of drug-likeness (QED) is 0.563. The topological polar surface area (TPSA) is 21.3 Å². The van der Waals surface area contributed by atoms with Crippen LogP contribution in [0.3, 0.4) is 0 Å². The molecule has 1 unspecified atom stereocenters. The van der Waals surface area contributed by atoms with Crippen LogP contribution in [0.1, 0.15) is 60.3 Å². The van der Waals surface area contributed by atoms with Crippen molar-refractivity contribution in [2.45, 2.75) is 60.3 Å². The number of hydrogen-bond acceptors (Lipinski definition) is 2. The molecule has 0 spiro atoms. The lowest BCUT2D eigenvalue weighted by molar-refractivity contribution is 0.163. The second-order valence-electron chi connectivity index (χ2n) is 6.32. The second-order valence-corrected chi connectivity index (χ2v) is 6.32. The van der Waals surface area contributed by atoms with Crippen LogP contribution in [0.5, 0.6) is 0 Å². The molecule has 0 amide bonds. The van der Waals surface area contributed by atoms with E-state index in [9.17, 15) is 0 Å². The zero-order chi connectivity index (χ0) is 14.0. The minimum absolute atomic E-state index is 0.474. The maximum Gasteiger partial charge on any atom is 0.0587 e. The van der Waals surface area contributed by atoms with Crippen LogP contribution in [0.4, 0.5) is 0 Å². The van der Waals surface area contributed by atoms with Crippen LogP contribution in [0.2, 0.25) is 0 Å². The summed E-state index contributed by atoms with van der Waals surface area (Å²) < 4.78 is 5.10. The van der Waals surface area contributed by atoms with Gasteiger partial charge in [0.1, 0.15) is 0 Å². The van der Waals surface area contributed by atoms with Gasteiger partial charge in [0, 0.05) is 20.2 Å². The zero-order valence-corrected chi connectivity index (χ0v) is 13.5. The average molecular weight is 257 g/mol. The van der Waals surface area contributed by atoms with Crippen molar-refractivity contribution in [3.05, 3.63) is 0 Å². The minimum atomic E-state index is 0.474. The third-order valence-electron chi connectivity index (χ3n) is 4.14. The van der Waals surface area contributed by atoms with Crippen molar-refractivity contribution in [2.24, 2.45) is 17.3 Å².